The largest absolute Gasteiger partial charge is 0.459 e. The van der Waals surface area contributed by atoms with Crippen molar-refractivity contribution in [3.05, 3.63) is 11.1 Å². The van der Waals surface area contributed by atoms with Gasteiger partial charge in [-0.25, -0.2) is 14.6 Å². The van der Waals surface area contributed by atoms with Crippen LogP contribution in [0.1, 0.15) is 25.6 Å². The number of nitrogens with one attached hydrogen (secondary N) is 1. The number of rotatable bonds is 1. The van der Waals surface area contributed by atoms with E-state index in [9.17, 15) is 9.59 Å². The van der Waals surface area contributed by atoms with Crippen molar-refractivity contribution in [2.45, 2.75) is 26.4 Å². The van der Waals surface area contributed by atoms with Crippen molar-refractivity contribution in [3.63, 3.8) is 0 Å². The third-order valence-electron chi connectivity index (χ3n) is 1.59. The zero-order chi connectivity index (χ0) is 14.5. The average Bonchev–Trinajstić information content (AvgIpc) is 2.70. The van der Waals surface area contributed by atoms with E-state index in [2.05, 4.69) is 26.9 Å². The van der Waals surface area contributed by atoms with Crippen molar-refractivity contribution in [1.82, 2.24) is 4.98 Å². The summed E-state index contributed by atoms with van der Waals surface area (Å²) in [5.41, 5.74) is -0.575. The van der Waals surface area contributed by atoms with Gasteiger partial charge < -0.3 is 9.47 Å². The van der Waals surface area contributed by atoms with Crippen molar-refractivity contribution >= 4 is 28.5 Å². The topological polar surface area (TPSA) is 77.5 Å². The lowest BCUT2D eigenvalue weighted by Gasteiger charge is -2.18. The maximum absolute atomic E-state index is 11.5. The van der Waals surface area contributed by atoms with E-state index in [0.717, 1.165) is 11.3 Å². The van der Waals surface area contributed by atoms with Gasteiger partial charge in [0.2, 0.25) is 0 Å². The molecule has 1 aromatic heterocycles. The van der Waals surface area contributed by atoms with Crippen LogP contribution >= 0.6 is 11.3 Å². The molecule has 19 heavy (non-hydrogen) atoms. The zero-order valence-electron chi connectivity index (χ0n) is 11.1. The summed E-state index contributed by atoms with van der Waals surface area (Å²) in [6.07, 6.45) is 0.863. The number of carbonyl (C=O) groups is 2. The fourth-order valence-corrected chi connectivity index (χ4v) is 1.60. The molecule has 0 unspecified atom stereocenters. The van der Waals surface area contributed by atoms with Crippen LogP contribution in [0.5, 0.6) is 0 Å². The van der Waals surface area contributed by atoms with E-state index in [4.69, 9.17) is 4.74 Å². The van der Waals surface area contributed by atoms with Crippen LogP contribution in [0, 0.1) is 11.8 Å². The molecule has 0 aliphatic heterocycles. The molecule has 6 nitrogen and oxygen atoms in total. The second kappa shape index (κ2) is 6.20. The number of hydrogen-bond donors (Lipinski definition) is 1. The number of amides is 1. The molecule has 0 atom stereocenters. The third kappa shape index (κ3) is 5.88. The summed E-state index contributed by atoms with van der Waals surface area (Å²) in [5, 5.41) is 2.83. The highest BCUT2D eigenvalue weighted by molar-refractivity contribution is 7.16. The Bertz CT molecular complexity index is 534. The van der Waals surface area contributed by atoms with Crippen molar-refractivity contribution in [3.8, 4) is 11.8 Å². The van der Waals surface area contributed by atoms with Gasteiger partial charge in [0.15, 0.2) is 5.13 Å². The Morgan fingerprint density at radius 2 is 2.11 bits per heavy atom. The molecule has 1 aromatic rings. The zero-order valence-corrected chi connectivity index (χ0v) is 11.9. The van der Waals surface area contributed by atoms with E-state index >= 15 is 0 Å². The van der Waals surface area contributed by atoms with E-state index in [1.54, 1.807) is 20.8 Å². The summed E-state index contributed by atoms with van der Waals surface area (Å²) >= 11 is 1.14. The lowest BCUT2D eigenvalue weighted by Crippen LogP contribution is -2.27. The second-order valence-electron chi connectivity index (χ2n) is 4.40. The number of carbonyl (C=O) groups excluding carboxylic acids is 2. The molecule has 7 heteroatoms. The molecular formula is C12H14N2O4S. The van der Waals surface area contributed by atoms with Gasteiger partial charge in [-0.1, -0.05) is 11.3 Å². The smallest absolute Gasteiger partial charge is 0.413 e. The van der Waals surface area contributed by atoms with Gasteiger partial charge in [-0.15, -0.1) is 0 Å². The predicted molar refractivity (Wildman–Crippen MR) is 70.9 cm³/mol. The molecule has 1 N–H and O–H groups in total. The van der Waals surface area contributed by atoms with Gasteiger partial charge in [0, 0.05) is 5.92 Å². The van der Waals surface area contributed by atoms with E-state index in [1.165, 1.54) is 13.3 Å². The number of thiazole rings is 1. The number of hydrogen-bond acceptors (Lipinski definition) is 6. The molecule has 102 valence electrons. The first kappa shape index (κ1) is 15.0. The minimum atomic E-state index is -0.630. The van der Waals surface area contributed by atoms with Gasteiger partial charge in [-0.3, -0.25) is 5.32 Å². The van der Waals surface area contributed by atoms with E-state index in [1.807, 2.05) is 0 Å². The first-order valence-corrected chi connectivity index (χ1v) is 6.17. The van der Waals surface area contributed by atoms with Crippen LogP contribution in [-0.4, -0.2) is 29.8 Å². The molecule has 0 bridgehead atoms. The lowest BCUT2D eigenvalue weighted by atomic mass is 10.2. The summed E-state index contributed by atoms with van der Waals surface area (Å²) in [5.74, 6) is 4.22. The predicted octanol–water partition coefficient (Wildman–Crippen LogP) is 2.01. The SMILES string of the molecule is COC(=O)C#Cc1cnc(NC(=O)OC(C)(C)C)s1. The van der Waals surface area contributed by atoms with Crippen LogP contribution in [0.25, 0.3) is 0 Å². The Hall–Kier alpha value is -2.07. The summed E-state index contributed by atoms with van der Waals surface area (Å²) < 4.78 is 9.45. The van der Waals surface area contributed by atoms with Crippen molar-refractivity contribution in [1.29, 1.82) is 0 Å². The normalized spacial score (nSPS) is 10.1. The first-order chi connectivity index (χ1) is 8.80. The molecule has 0 aromatic carbocycles. The number of anilines is 1. The second-order valence-corrected chi connectivity index (χ2v) is 5.43. The average molecular weight is 282 g/mol. The van der Waals surface area contributed by atoms with Gasteiger partial charge in [0.1, 0.15) is 5.60 Å². The fraction of sp³-hybridized carbons (Fsp3) is 0.417. The molecule has 0 fully saturated rings. The summed E-state index contributed by atoms with van der Waals surface area (Å²) in [6, 6.07) is 0. The Kier molecular flexibility index (Phi) is 4.89. The van der Waals surface area contributed by atoms with Crippen LogP contribution in [0.2, 0.25) is 0 Å². The molecule has 0 saturated carbocycles. The van der Waals surface area contributed by atoms with Crippen molar-refractivity contribution in [2.75, 3.05) is 12.4 Å². The Morgan fingerprint density at radius 3 is 2.68 bits per heavy atom. The highest BCUT2D eigenvalue weighted by Crippen LogP contribution is 2.18. The van der Waals surface area contributed by atoms with Gasteiger partial charge in [0.25, 0.3) is 0 Å². The molecule has 0 radical (unpaired) electrons. The van der Waals surface area contributed by atoms with Crippen LogP contribution in [0.3, 0.4) is 0 Å². The number of aromatic nitrogens is 1. The maximum atomic E-state index is 11.5. The molecular weight excluding hydrogens is 268 g/mol. The highest BCUT2D eigenvalue weighted by Gasteiger charge is 2.17. The summed E-state index contributed by atoms with van der Waals surface area (Å²) in [7, 11) is 1.25. The van der Waals surface area contributed by atoms with Crippen LogP contribution in [0.15, 0.2) is 6.20 Å². The Balaban J connectivity index is 2.62. The third-order valence-corrected chi connectivity index (χ3v) is 2.41. The molecule has 0 aliphatic rings. The first-order valence-electron chi connectivity index (χ1n) is 5.36. The number of ether oxygens (including phenoxy) is 2. The number of nitrogens with zero attached hydrogens (tertiary/aromatic N) is 1. The number of methoxy groups -OCH3 is 1. The van der Waals surface area contributed by atoms with E-state index in [-0.39, 0.29) is 0 Å². The molecule has 0 aliphatic carbocycles. The van der Waals surface area contributed by atoms with Crippen LogP contribution in [0.4, 0.5) is 9.93 Å². The van der Waals surface area contributed by atoms with Gasteiger partial charge >= 0.3 is 12.1 Å². The van der Waals surface area contributed by atoms with Gasteiger partial charge in [-0.2, -0.15) is 0 Å². The van der Waals surface area contributed by atoms with Gasteiger partial charge in [-0.05, 0) is 26.7 Å². The van der Waals surface area contributed by atoms with Gasteiger partial charge in [0.05, 0.1) is 18.2 Å². The maximum Gasteiger partial charge on any atom is 0.413 e. The monoisotopic (exact) mass is 282 g/mol. The minimum absolute atomic E-state index is 0.350. The molecule has 1 rings (SSSR count). The molecule has 1 amide bonds. The summed E-state index contributed by atoms with van der Waals surface area (Å²) in [6.45, 7) is 5.30. The van der Waals surface area contributed by atoms with Crippen molar-refractivity contribution < 1.29 is 19.1 Å². The summed E-state index contributed by atoms with van der Waals surface area (Å²) in [4.78, 5) is 26.8. The Labute approximate surface area is 115 Å². The van der Waals surface area contributed by atoms with Crippen LogP contribution in [-0.2, 0) is 14.3 Å². The molecule has 0 saturated heterocycles. The lowest BCUT2D eigenvalue weighted by molar-refractivity contribution is -0.133. The quantitative estimate of drug-likeness (QED) is 0.630. The van der Waals surface area contributed by atoms with Crippen LogP contribution < -0.4 is 5.32 Å². The highest BCUT2D eigenvalue weighted by atomic mass is 32.1. The molecule has 0 spiro atoms. The Morgan fingerprint density at radius 1 is 1.42 bits per heavy atom. The standard InChI is InChI=1S/C12H14N2O4S/c1-12(2,3)18-11(16)14-10-13-7-8(19-10)5-6-9(15)17-4/h7H,1-4H3,(H,13,14,16). The van der Waals surface area contributed by atoms with Crippen molar-refractivity contribution in [2.24, 2.45) is 0 Å². The number of esters is 1. The molecule has 1 heterocycles. The van der Waals surface area contributed by atoms with E-state index in [0.29, 0.717) is 10.0 Å². The fourth-order valence-electron chi connectivity index (χ4n) is 0.944. The van der Waals surface area contributed by atoms with E-state index < -0.39 is 17.7 Å². The minimum Gasteiger partial charge on any atom is -0.459 e.